The Labute approximate surface area is 102 Å². The molecule has 1 aliphatic carbocycles. The van der Waals surface area contributed by atoms with Crippen molar-refractivity contribution in [3.8, 4) is 0 Å². The summed E-state index contributed by atoms with van der Waals surface area (Å²) in [6.07, 6.45) is 4.48. The van der Waals surface area contributed by atoms with Gasteiger partial charge in [-0.15, -0.1) is 0 Å². The van der Waals surface area contributed by atoms with E-state index in [1.165, 1.54) is 12.8 Å². The minimum Gasteiger partial charge on any atom is -0.394 e. The summed E-state index contributed by atoms with van der Waals surface area (Å²) < 4.78 is 4.67. The molecule has 2 N–H and O–H groups in total. The van der Waals surface area contributed by atoms with Crippen molar-refractivity contribution in [3.05, 3.63) is 11.4 Å². The summed E-state index contributed by atoms with van der Waals surface area (Å²) in [4.78, 5) is 0. The molecular weight excluding hydrogens is 218 g/mol. The summed E-state index contributed by atoms with van der Waals surface area (Å²) in [5.74, 6) is 0.667. The van der Waals surface area contributed by atoms with Crippen molar-refractivity contribution in [3.63, 3.8) is 0 Å². The lowest BCUT2D eigenvalue weighted by atomic mass is 9.77. The van der Waals surface area contributed by atoms with Crippen LogP contribution in [0.25, 0.3) is 0 Å². The fourth-order valence-corrected chi connectivity index (χ4v) is 2.70. The molecule has 1 aromatic rings. The maximum absolute atomic E-state index is 9.64. The van der Waals surface area contributed by atoms with Crippen molar-refractivity contribution < 1.29 is 9.74 Å². The summed E-state index contributed by atoms with van der Waals surface area (Å²) >= 11 is 0. The number of aliphatic hydroxyl groups excluding tert-OH is 1. The highest BCUT2D eigenvalue weighted by Gasteiger charge is 2.34. The number of rotatable bonds is 4. The van der Waals surface area contributed by atoms with Gasteiger partial charge in [0, 0.05) is 12.1 Å². The van der Waals surface area contributed by atoms with Crippen LogP contribution < -0.4 is 5.32 Å². The molecule has 1 fully saturated rings. The molecule has 1 heterocycles. The summed E-state index contributed by atoms with van der Waals surface area (Å²) in [6.45, 7) is 4.92. The van der Waals surface area contributed by atoms with Gasteiger partial charge in [0.2, 0.25) is 0 Å². The van der Waals surface area contributed by atoms with E-state index in [0.717, 1.165) is 24.2 Å². The third-order valence-corrected chi connectivity index (χ3v) is 3.77. The van der Waals surface area contributed by atoms with E-state index in [9.17, 15) is 5.11 Å². The number of aromatic nitrogens is 2. The zero-order chi connectivity index (χ0) is 12.3. The standard InChI is InChI=1S/C12H21N3O2/c1-9-4-3-5-12(6-9,8-16)13-7-11-10(2)14-17-15-11/h9,13,16H,3-8H2,1-2H3. The minimum absolute atomic E-state index is 0.150. The summed E-state index contributed by atoms with van der Waals surface area (Å²) in [7, 11) is 0. The van der Waals surface area contributed by atoms with Gasteiger partial charge >= 0.3 is 0 Å². The molecule has 0 spiro atoms. The second kappa shape index (κ2) is 5.14. The minimum atomic E-state index is -0.150. The van der Waals surface area contributed by atoms with Crippen LogP contribution in [0, 0.1) is 12.8 Å². The Morgan fingerprint density at radius 1 is 1.53 bits per heavy atom. The first-order chi connectivity index (χ1) is 8.15. The largest absolute Gasteiger partial charge is 0.394 e. The zero-order valence-electron chi connectivity index (χ0n) is 10.6. The first kappa shape index (κ1) is 12.5. The molecule has 0 saturated heterocycles. The van der Waals surface area contributed by atoms with Crippen LogP contribution in [0.5, 0.6) is 0 Å². The van der Waals surface area contributed by atoms with Gasteiger partial charge in [-0.3, -0.25) is 0 Å². The molecule has 0 radical (unpaired) electrons. The summed E-state index contributed by atoms with van der Waals surface area (Å²) in [6, 6.07) is 0. The maximum atomic E-state index is 9.64. The predicted octanol–water partition coefficient (Wildman–Crippen LogP) is 1.41. The maximum Gasteiger partial charge on any atom is 0.121 e. The van der Waals surface area contributed by atoms with E-state index in [-0.39, 0.29) is 12.1 Å². The molecule has 96 valence electrons. The van der Waals surface area contributed by atoms with E-state index in [4.69, 9.17) is 0 Å². The van der Waals surface area contributed by atoms with Gasteiger partial charge in [0.1, 0.15) is 11.4 Å². The zero-order valence-corrected chi connectivity index (χ0v) is 10.6. The Hall–Kier alpha value is -0.940. The number of hydrogen-bond acceptors (Lipinski definition) is 5. The molecular formula is C12H21N3O2. The smallest absolute Gasteiger partial charge is 0.121 e. The van der Waals surface area contributed by atoms with Crippen molar-refractivity contribution in [2.24, 2.45) is 5.92 Å². The highest BCUT2D eigenvalue weighted by Crippen LogP contribution is 2.32. The first-order valence-electron chi connectivity index (χ1n) is 6.29. The Morgan fingerprint density at radius 2 is 2.35 bits per heavy atom. The molecule has 0 aliphatic heterocycles. The lowest BCUT2D eigenvalue weighted by molar-refractivity contribution is 0.0975. The Balaban J connectivity index is 1.97. The lowest BCUT2D eigenvalue weighted by Crippen LogP contribution is -2.51. The average molecular weight is 239 g/mol. The van der Waals surface area contributed by atoms with Crippen LogP contribution in [0.1, 0.15) is 44.0 Å². The van der Waals surface area contributed by atoms with Crippen LogP contribution in [0.2, 0.25) is 0 Å². The molecule has 0 aromatic carbocycles. The van der Waals surface area contributed by atoms with Gasteiger partial charge < -0.3 is 10.4 Å². The van der Waals surface area contributed by atoms with Crippen molar-refractivity contribution in [1.29, 1.82) is 0 Å². The quantitative estimate of drug-likeness (QED) is 0.831. The van der Waals surface area contributed by atoms with Crippen LogP contribution >= 0.6 is 0 Å². The van der Waals surface area contributed by atoms with Crippen LogP contribution in [0.3, 0.4) is 0 Å². The van der Waals surface area contributed by atoms with E-state index in [1.54, 1.807) is 0 Å². The summed E-state index contributed by atoms with van der Waals surface area (Å²) in [5.41, 5.74) is 1.49. The van der Waals surface area contributed by atoms with Gasteiger partial charge in [-0.05, 0) is 25.7 Å². The molecule has 17 heavy (non-hydrogen) atoms. The van der Waals surface area contributed by atoms with Crippen molar-refractivity contribution >= 4 is 0 Å². The molecule has 2 rings (SSSR count). The third-order valence-electron chi connectivity index (χ3n) is 3.77. The second-order valence-corrected chi connectivity index (χ2v) is 5.29. The van der Waals surface area contributed by atoms with Crippen LogP contribution in [0.15, 0.2) is 4.63 Å². The molecule has 0 bridgehead atoms. The van der Waals surface area contributed by atoms with Crippen LogP contribution in [0.4, 0.5) is 0 Å². The number of nitrogens with zero attached hydrogens (tertiary/aromatic N) is 2. The Bertz CT molecular complexity index is 366. The molecule has 0 amide bonds. The fourth-order valence-electron chi connectivity index (χ4n) is 2.70. The molecule has 1 aliphatic rings. The highest BCUT2D eigenvalue weighted by molar-refractivity contribution is 5.05. The number of aryl methyl sites for hydroxylation is 1. The topological polar surface area (TPSA) is 71.2 Å². The third kappa shape index (κ3) is 2.84. The Kier molecular flexibility index (Phi) is 3.79. The SMILES string of the molecule is Cc1nonc1CNC1(CO)CCCC(C)C1. The summed E-state index contributed by atoms with van der Waals surface area (Å²) in [5, 5.41) is 20.7. The first-order valence-corrected chi connectivity index (χ1v) is 6.29. The fraction of sp³-hybridized carbons (Fsp3) is 0.833. The number of hydrogen-bond donors (Lipinski definition) is 2. The highest BCUT2D eigenvalue weighted by atomic mass is 16.6. The van der Waals surface area contributed by atoms with Crippen LogP contribution in [-0.2, 0) is 6.54 Å². The molecule has 2 atom stereocenters. The van der Waals surface area contributed by atoms with Crippen LogP contribution in [-0.4, -0.2) is 27.6 Å². The van der Waals surface area contributed by atoms with E-state index >= 15 is 0 Å². The van der Waals surface area contributed by atoms with E-state index in [0.29, 0.717) is 12.5 Å². The molecule has 1 aromatic heterocycles. The monoisotopic (exact) mass is 239 g/mol. The van der Waals surface area contributed by atoms with Gasteiger partial charge in [0.15, 0.2) is 0 Å². The van der Waals surface area contributed by atoms with Gasteiger partial charge in [0.05, 0.1) is 6.61 Å². The molecule has 5 nitrogen and oxygen atoms in total. The average Bonchev–Trinajstić information content (AvgIpc) is 2.72. The molecule has 5 heteroatoms. The number of nitrogens with one attached hydrogen (secondary N) is 1. The number of aliphatic hydroxyl groups is 1. The van der Waals surface area contributed by atoms with E-state index < -0.39 is 0 Å². The lowest BCUT2D eigenvalue weighted by Gasteiger charge is -2.39. The van der Waals surface area contributed by atoms with E-state index in [2.05, 4.69) is 27.2 Å². The van der Waals surface area contributed by atoms with Crippen molar-refractivity contribution in [2.75, 3.05) is 6.61 Å². The van der Waals surface area contributed by atoms with E-state index in [1.807, 2.05) is 6.92 Å². The predicted molar refractivity (Wildman–Crippen MR) is 63.3 cm³/mol. The van der Waals surface area contributed by atoms with Gasteiger partial charge in [-0.2, -0.15) is 0 Å². The van der Waals surface area contributed by atoms with Gasteiger partial charge in [-0.1, -0.05) is 30.1 Å². The van der Waals surface area contributed by atoms with Crippen molar-refractivity contribution in [1.82, 2.24) is 15.6 Å². The van der Waals surface area contributed by atoms with Crippen molar-refractivity contribution in [2.45, 2.75) is 51.6 Å². The second-order valence-electron chi connectivity index (χ2n) is 5.29. The molecule has 2 unspecified atom stereocenters. The van der Waals surface area contributed by atoms with Gasteiger partial charge in [-0.25, -0.2) is 4.63 Å². The molecule has 1 saturated carbocycles. The normalized spacial score (nSPS) is 29.5. The van der Waals surface area contributed by atoms with Gasteiger partial charge in [0.25, 0.3) is 0 Å². The Morgan fingerprint density at radius 3 is 2.94 bits per heavy atom.